The number of hydrogen-bond donors (Lipinski definition) is 1. The van der Waals surface area contributed by atoms with Gasteiger partial charge in [-0.1, -0.05) is 11.6 Å². The van der Waals surface area contributed by atoms with Crippen molar-refractivity contribution in [1.82, 2.24) is 10.3 Å². The van der Waals surface area contributed by atoms with E-state index in [4.69, 9.17) is 11.6 Å². The second-order valence-corrected chi connectivity index (χ2v) is 5.35. The van der Waals surface area contributed by atoms with Crippen LogP contribution in [0, 0.1) is 5.82 Å². The van der Waals surface area contributed by atoms with Crippen molar-refractivity contribution in [2.45, 2.75) is 19.4 Å². The highest BCUT2D eigenvalue weighted by Crippen LogP contribution is 2.22. The number of carbonyl (C=O) groups excluding carboxylic acids is 1. The van der Waals surface area contributed by atoms with E-state index in [1.807, 2.05) is 26.0 Å². The summed E-state index contributed by atoms with van der Waals surface area (Å²) in [6.07, 6.45) is 3.32. The summed E-state index contributed by atoms with van der Waals surface area (Å²) in [5, 5.41) is 2.97. The number of amides is 1. The summed E-state index contributed by atoms with van der Waals surface area (Å²) in [6.45, 7) is 3.75. The molecule has 104 valence electrons. The van der Waals surface area contributed by atoms with Crippen molar-refractivity contribution in [1.29, 1.82) is 0 Å². The molecule has 2 aromatic rings. The summed E-state index contributed by atoms with van der Waals surface area (Å²) in [6, 6.07) is 7.35. The second kappa shape index (κ2) is 5.59. The van der Waals surface area contributed by atoms with Crippen molar-refractivity contribution in [2.75, 3.05) is 0 Å². The van der Waals surface area contributed by atoms with Gasteiger partial charge in [0.2, 0.25) is 0 Å². The maximum atomic E-state index is 13.0. The van der Waals surface area contributed by atoms with Gasteiger partial charge in [-0.3, -0.25) is 9.78 Å². The van der Waals surface area contributed by atoms with Crippen molar-refractivity contribution in [3.8, 4) is 0 Å². The molecule has 0 fully saturated rings. The Hall–Kier alpha value is -1.94. The highest BCUT2D eigenvalue weighted by Gasteiger charge is 2.24. The molecule has 5 heteroatoms. The number of pyridine rings is 1. The van der Waals surface area contributed by atoms with Crippen LogP contribution in [0.25, 0.3) is 0 Å². The lowest BCUT2D eigenvalue weighted by molar-refractivity contribution is 0.0912. The minimum Gasteiger partial charge on any atom is -0.343 e. The third-order valence-electron chi connectivity index (χ3n) is 3.00. The molecule has 1 heterocycles. The quantitative estimate of drug-likeness (QED) is 0.940. The summed E-state index contributed by atoms with van der Waals surface area (Å²) in [4.78, 5) is 16.2. The molecule has 0 aliphatic heterocycles. The van der Waals surface area contributed by atoms with Gasteiger partial charge in [-0.25, -0.2) is 4.39 Å². The highest BCUT2D eigenvalue weighted by molar-refractivity contribution is 6.33. The molecule has 1 amide bonds. The van der Waals surface area contributed by atoms with Crippen molar-refractivity contribution in [3.63, 3.8) is 0 Å². The van der Waals surface area contributed by atoms with Crippen LogP contribution in [-0.4, -0.2) is 10.9 Å². The molecule has 0 atom stereocenters. The van der Waals surface area contributed by atoms with Gasteiger partial charge >= 0.3 is 0 Å². The Morgan fingerprint density at radius 2 is 1.90 bits per heavy atom. The zero-order valence-electron chi connectivity index (χ0n) is 11.2. The number of nitrogens with zero attached hydrogens (tertiary/aromatic N) is 1. The van der Waals surface area contributed by atoms with E-state index < -0.39 is 11.4 Å². The Bertz CT molecular complexity index is 629. The third kappa shape index (κ3) is 3.14. The molecular weight excluding hydrogens is 279 g/mol. The Labute approximate surface area is 121 Å². The van der Waals surface area contributed by atoms with E-state index in [-0.39, 0.29) is 16.5 Å². The fourth-order valence-corrected chi connectivity index (χ4v) is 2.12. The van der Waals surface area contributed by atoms with Gasteiger partial charge < -0.3 is 5.32 Å². The van der Waals surface area contributed by atoms with E-state index in [0.29, 0.717) is 0 Å². The predicted octanol–water partition coefficient (Wildman–Crippen LogP) is 3.54. The van der Waals surface area contributed by atoms with E-state index in [1.165, 1.54) is 12.1 Å². The van der Waals surface area contributed by atoms with Crippen LogP contribution in [0.15, 0.2) is 42.7 Å². The lowest BCUT2D eigenvalue weighted by Crippen LogP contribution is -2.41. The molecule has 0 aliphatic rings. The van der Waals surface area contributed by atoms with Crippen LogP contribution in [0.5, 0.6) is 0 Å². The molecule has 0 unspecified atom stereocenters. The van der Waals surface area contributed by atoms with Crippen molar-refractivity contribution >= 4 is 17.5 Å². The van der Waals surface area contributed by atoms with Gasteiger partial charge in [0.05, 0.1) is 16.1 Å². The number of halogens is 2. The SMILES string of the molecule is CC(C)(NC(=O)c1ccc(F)cc1Cl)c1ccncc1. The van der Waals surface area contributed by atoms with Gasteiger partial charge in [0.1, 0.15) is 5.82 Å². The van der Waals surface area contributed by atoms with Crippen molar-refractivity contribution in [2.24, 2.45) is 0 Å². The highest BCUT2D eigenvalue weighted by atomic mass is 35.5. The summed E-state index contributed by atoms with van der Waals surface area (Å²) >= 11 is 5.89. The van der Waals surface area contributed by atoms with Crippen LogP contribution in [0.2, 0.25) is 5.02 Å². The monoisotopic (exact) mass is 292 g/mol. The number of nitrogens with one attached hydrogen (secondary N) is 1. The molecule has 0 spiro atoms. The number of aromatic nitrogens is 1. The van der Waals surface area contributed by atoms with Crippen LogP contribution in [0.1, 0.15) is 29.8 Å². The summed E-state index contributed by atoms with van der Waals surface area (Å²) in [7, 11) is 0. The molecule has 20 heavy (non-hydrogen) atoms. The molecular formula is C15H14ClFN2O. The Balaban J connectivity index is 2.23. The first-order chi connectivity index (χ1) is 9.40. The van der Waals surface area contributed by atoms with Crippen LogP contribution in [-0.2, 0) is 5.54 Å². The van der Waals surface area contributed by atoms with Crippen LogP contribution < -0.4 is 5.32 Å². The van der Waals surface area contributed by atoms with E-state index in [1.54, 1.807) is 12.4 Å². The first-order valence-corrected chi connectivity index (χ1v) is 6.46. The molecule has 0 saturated heterocycles. The Kier molecular flexibility index (Phi) is 4.04. The predicted molar refractivity (Wildman–Crippen MR) is 76.1 cm³/mol. The smallest absolute Gasteiger partial charge is 0.253 e. The van der Waals surface area contributed by atoms with Crippen LogP contribution in [0.3, 0.4) is 0 Å². The molecule has 1 aromatic heterocycles. The van der Waals surface area contributed by atoms with E-state index in [2.05, 4.69) is 10.3 Å². The van der Waals surface area contributed by atoms with Crippen molar-refractivity contribution < 1.29 is 9.18 Å². The van der Waals surface area contributed by atoms with Crippen LogP contribution in [0.4, 0.5) is 4.39 Å². The van der Waals surface area contributed by atoms with Gasteiger partial charge in [0, 0.05) is 12.4 Å². The molecule has 0 radical (unpaired) electrons. The molecule has 2 rings (SSSR count). The first-order valence-electron chi connectivity index (χ1n) is 6.08. The lowest BCUT2D eigenvalue weighted by atomic mass is 9.95. The number of hydrogen-bond acceptors (Lipinski definition) is 2. The first kappa shape index (κ1) is 14.5. The number of rotatable bonds is 3. The fourth-order valence-electron chi connectivity index (χ4n) is 1.87. The standard InChI is InChI=1S/C15H14ClFN2O/c1-15(2,10-5-7-18-8-6-10)19-14(20)12-4-3-11(17)9-13(12)16/h3-9H,1-2H3,(H,19,20). The summed E-state index contributed by atoms with van der Waals surface area (Å²) in [5.74, 6) is -0.822. The van der Waals surface area contributed by atoms with E-state index >= 15 is 0 Å². The normalized spacial score (nSPS) is 11.2. The zero-order chi connectivity index (χ0) is 14.8. The number of carbonyl (C=O) groups is 1. The van der Waals surface area contributed by atoms with Gasteiger partial charge in [-0.15, -0.1) is 0 Å². The minimum atomic E-state index is -0.586. The molecule has 3 nitrogen and oxygen atoms in total. The van der Waals surface area contributed by atoms with Gasteiger partial charge in [0.25, 0.3) is 5.91 Å². The largest absolute Gasteiger partial charge is 0.343 e. The van der Waals surface area contributed by atoms with Gasteiger partial charge in [-0.2, -0.15) is 0 Å². The molecule has 0 aliphatic carbocycles. The third-order valence-corrected chi connectivity index (χ3v) is 3.32. The summed E-state index contributed by atoms with van der Waals surface area (Å²) in [5.41, 5.74) is 0.576. The average molecular weight is 293 g/mol. The average Bonchev–Trinajstić information content (AvgIpc) is 2.39. The van der Waals surface area contributed by atoms with Gasteiger partial charge in [0.15, 0.2) is 0 Å². The zero-order valence-corrected chi connectivity index (χ0v) is 11.9. The Morgan fingerprint density at radius 1 is 1.25 bits per heavy atom. The Morgan fingerprint density at radius 3 is 2.50 bits per heavy atom. The van der Waals surface area contributed by atoms with Gasteiger partial charge in [-0.05, 0) is 49.7 Å². The van der Waals surface area contributed by atoms with Crippen LogP contribution >= 0.6 is 11.6 Å². The maximum Gasteiger partial charge on any atom is 0.253 e. The van der Waals surface area contributed by atoms with E-state index in [9.17, 15) is 9.18 Å². The minimum absolute atomic E-state index is 0.0908. The molecule has 0 bridgehead atoms. The molecule has 0 saturated carbocycles. The number of benzene rings is 1. The lowest BCUT2D eigenvalue weighted by Gasteiger charge is -2.27. The topological polar surface area (TPSA) is 42.0 Å². The maximum absolute atomic E-state index is 13.0. The second-order valence-electron chi connectivity index (χ2n) is 4.94. The molecule has 1 aromatic carbocycles. The van der Waals surface area contributed by atoms with Crippen molar-refractivity contribution in [3.05, 3.63) is 64.7 Å². The van der Waals surface area contributed by atoms with E-state index in [0.717, 1.165) is 11.6 Å². The fraction of sp³-hybridized carbons (Fsp3) is 0.200. The molecule has 1 N–H and O–H groups in total. The summed E-state index contributed by atoms with van der Waals surface area (Å²) < 4.78 is 13.0.